The van der Waals surface area contributed by atoms with Crippen LogP contribution in [0.3, 0.4) is 0 Å². The lowest BCUT2D eigenvalue weighted by Crippen LogP contribution is -2.24. The van der Waals surface area contributed by atoms with Crippen molar-refractivity contribution in [2.24, 2.45) is 0 Å². The van der Waals surface area contributed by atoms with Gasteiger partial charge in [0, 0.05) is 23.2 Å². The lowest BCUT2D eigenvalue weighted by Gasteiger charge is -2.30. The van der Waals surface area contributed by atoms with Crippen LogP contribution in [0.15, 0.2) is 23.0 Å². The molecule has 3 nitrogen and oxygen atoms in total. The van der Waals surface area contributed by atoms with Crippen LogP contribution >= 0.6 is 0 Å². The van der Waals surface area contributed by atoms with Gasteiger partial charge in [0.15, 0.2) is 0 Å². The summed E-state index contributed by atoms with van der Waals surface area (Å²) in [6, 6.07) is 4.03. The van der Waals surface area contributed by atoms with Crippen LogP contribution in [-0.4, -0.2) is 11.0 Å². The molecule has 2 aromatic rings. The zero-order valence-electron chi connectivity index (χ0n) is 11.6. The Morgan fingerprint density at radius 3 is 2.57 bits per heavy atom. The van der Waals surface area contributed by atoms with E-state index >= 15 is 0 Å². The summed E-state index contributed by atoms with van der Waals surface area (Å²) in [6.07, 6.45) is -3.68. The molecule has 1 aliphatic heterocycles. The molecule has 2 N–H and O–H groups in total. The Morgan fingerprint density at radius 1 is 1.19 bits per heavy atom. The molecular formula is C15H15F3N2O. The second-order valence-electron chi connectivity index (χ2n) is 5.71. The number of H-pyrrole nitrogens is 1. The van der Waals surface area contributed by atoms with Gasteiger partial charge in [-0.2, -0.15) is 13.2 Å². The van der Waals surface area contributed by atoms with Crippen LogP contribution < -0.4 is 10.9 Å². The smallest absolute Gasteiger partial charge is 0.382 e. The normalized spacial score (nSPS) is 22.0. The number of benzene rings is 1. The van der Waals surface area contributed by atoms with E-state index in [1.807, 2.05) is 13.8 Å². The van der Waals surface area contributed by atoms with Gasteiger partial charge < -0.3 is 10.3 Å². The summed E-state index contributed by atoms with van der Waals surface area (Å²) in [7, 11) is 0. The van der Waals surface area contributed by atoms with E-state index in [2.05, 4.69) is 10.3 Å². The molecule has 0 amide bonds. The third-order valence-corrected chi connectivity index (χ3v) is 3.96. The first-order chi connectivity index (χ1) is 9.75. The Kier molecular flexibility index (Phi) is 3.00. The molecule has 1 aromatic heterocycles. The minimum Gasteiger partial charge on any atom is -0.382 e. The third kappa shape index (κ3) is 2.39. The molecule has 0 saturated carbocycles. The van der Waals surface area contributed by atoms with Gasteiger partial charge in [-0.15, -0.1) is 0 Å². The molecule has 6 heteroatoms. The number of anilines is 1. The fourth-order valence-corrected chi connectivity index (χ4v) is 3.07. The number of aromatic nitrogens is 1. The molecule has 2 heterocycles. The van der Waals surface area contributed by atoms with Crippen LogP contribution in [0, 0.1) is 0 Å². The molecule has 0 radical (unpaired) electrons. The lowest BCUT2D eigenvalue weighted by atomic mass is 9.87. The van der Waals surface area contributed by atoms with Crippen molar-refractivity contribution in [1.82, 2.24) is 4.98 Å². The highest BCUT2D eigenvalue weighted by atomic mass is 19.4. The molecule has 1 aromatic carbocycles. The van der Waals surface area contributed by atoms with Gasteiger partial charge in [-0.3, -0.25) is 4.79 Å². The highest BCUT2D eigenvalue weighted by Crippen LogP contribution is 2.39. The van der Waals surface area contributed by atoms with E-state index in [0.29, 0.717) is 6.07 Å². The third-order valence-electron chi connectivity index (χ3n) is 3.96. The van der Waals surface area contributed by atoms with Crippen LogP contribution in [0.5, 0.6) is 0 Å². The van der Waals surface area contributed by atoms with Crippen molar-refractivity contribution < 1.29 is 13.2 Å². The number of pyridine rings is 1. The van der Waals surface area contributed by atoms with Crippen molar-refractivity contribution in [3.05, 3.63) is 39.7 Å². The SMILES string of the molecule is C[C@@H]1C[C@H](C)c2cc3c(C(F)(F)F)cc(=O)[nH]c3cc2N1. The highest BCUT2D eigenvalue weighted by Gasteiger charge is 2.34. The number of aromatic amines is 1. The van der Waals surface area contributed by atoms with Gasteiger partial charge in [0.1, 0.15) is 0 Å². The molecular weight excluding hydrogens is 281 g/mol. The van der Waals surface area contributed by atoms with Gasteiger partial charge in [0.2, 0.25) is 5.56 Å². The van der Waals surface area contributed by atoms with Crippen LogP contribution in [0.1, 0.15) is 37.3 Å². The Hall–Kier alpha value is -1.98. The summed E-state index contributed by atoms with van der Waals surface area (Å²) in [5.41, 5.74) is 0.241. The number of rotatable bonds is 0. The van der Waals surface area contributed by atoms with Gasteiger partial charge in [-0.25, -0.2) is 0 Å². The fraction of sp³-hybridized carbons (Fsp3) is 0.400. The molecule has 0 aliphatic carbocycles. The predicted octanol–water partition coefficient (Wildman–Crippen LogP) is 3.85. The van der Waals surface area contributed by atoms with Crippen LogP contribution in [0.2, 0.25) is 0 Å². The standard InChI is InChI=1S/C15H15F3N2O/c1-7-3-8(2)19-12-6-13-10(4-9(7)12)11(15(16,17)18)5-14(21)20-13/h4-8,19H,3H2,1-2H3,(H,20,21)/t7-,8+/m0/s1. The summed E-state index contributed by atoms with van der Waals surface area (Å²) in [4.78, 5) is 14.0. The maximum Gasteiger partial charge on any atom is 0.417 e. The van der Waals surface area contributed by atoms with Crippen LogP contribution in [-0.2, 0) is 6.18 Å². The molecule has 0 saturated heterocycles. The number of halogens is 3. The number of nitrogens with one attached hydrogen (secondary N) is 2. The van der Waals surface area contributed by atoms with E-state index in [4.69, 9.17) is 0 Å². The fourth-order valence-electron chi connectivity index (χ4n) is 3.07. The molecule has 0 bridgehead atoms. The average Bonchev–Trinajstić information content (AvgIpc) is 2.34. The maximum atomic E-state index is 13.1. The Labute approximate surface area is 119 Å². The van der Waals surface area contributed by atoms with E-state index < -0.39 is 17.3 Å². The van der Waals surface area contributed by atoms with E-state index in [9.17, 15) is 18.0 Å². The van der Waals surface area contributed by atoms with E-state index in [0.717, 1.165) is 17.7 Å². The van der Waals surface area contributed by atoms with Crippen LogP contribution in [0.4, 0.5) is 18.9 Å². The van der Waals surface area contributed by atoms with Crippen molar-refractivity contribution in [3.63, 3.8) is 0 Å². The zero-order chi connectivity index (χ0) is 15.4. The van der Waals surface area contributed by atoms with E-state index in [1.165, 1.54) is 0 Å². The monoisotopic (exact) mass is 296 g/mol. The predicted molar refractivity (Wildman–Crippen MR) is 75.7 cm³/mol. The minimum atomic E-state index is -4.54. The Bertz CT molecular complexity index is 764. The van der Waals surface area contributed by atoms with Gasteiger partial charge in [-0.05, 0) is 37.0 Å². The molecule has 1 aliphatic rings. The van der Waals surface area contributed by atoms with Gasteiger partial charge >= 0.3 is 6.18 Å². The maximum absolute atomic E-state index is 13.1. The molecule has 0 spiro atoms. The number of hydrogen-bond acceptors (Lipinski definition) is 2. The lowest BCUT2D eigenvalue weighted by molar-refractivity contribution is -0.136. The molecule has 2 atom stereocenters. The first-order valence-electron chi connectivity index (χ1n) is 6.80. The summed E-state index contributed by atoms with van der Waals surface area (Å²) in [5, 5.41) is 3.30. The topological polar surface area (TPSA) is 44.9 Å². The van der Waals surface area contributed by atoms with Gasteiger partial charge in [0.25, 0.3) is 0 Å². The molecule has 21 heavy (non-hydrogen) atoms. The number of fused-ring (bicyclic) bond motifs is 2. The van der Waals surface area contributed by atoms with Crippen molar-refractivity contribution in [2.75, 3.05) is 5.32 Å². The van der Waals surface area contributed by atoms with Crippen molar-refractivity contribution >= 4 is 16.6 Å². The summed E-state index contributed by atoms with van der Waals surface area (Å²) in [6.45, 7) is 4.03. The Morgan fingerprint density at radius 2 is 1.90 bits per heavy atom. The first kappa shape index (κ1) is 14.0. The molecule has 3 rings (SSSR count). The Balaban J connectivity index is 2.33. The van der Waals surface area contributed by atoms with Crippen molar-refractivity contribution in [1.29, 1.82) is 0 Å². The first-order valence-corrected chi connectivity index (χ1v) is 6.80. The minimum absolute atomic E-state index is 0.0454. The van der Waals surface area contributed by atoms with Crippen molar-refractivity contribution in [2.45, 2.75) is 38.4 Å². The zero-order valence-corrected chi connectivity index (χ0v) is 11.6. The highest BCUT2D eigenvalue weighted by molar-refractivity contribution is 5.87. The summed E-state index contributed by atoms with van der Waals surface area (Å²) >= 11 is 0. The van der Waals surface area contributed by atoms with E-state index in [1.54, 1.807) is 12.1 Å². The number of hydrogen-bond donors (Lipinski definition) is 2. The molecule has 112 valence electrons. The van der Waals surface area contributed by atoms with Crippen molar-refractivity contribution in [3.8, 4) is 0 Å². The van der Waals surface area contributed by atoms with E-state index in [-0.39, 0.29) is 22.9 Å². The number of alkyl halides is 3. The van der Waals surface area contributed by atoms with Gasteiger partial charge in [0.05, 0.1) is 11.1 Å². The van der Waals surface area contributed by atoms with Crippen LogP contribution in [0.25, 0.3) is 10.9 Å². The second kappa shape index (κ2) is 4.51. The van der Waals surface area contributed by atoms with Gasteiger partial charge in [-0.1, -0.05) is 6.92 Å². The quantitative estimate of drug-likeness (QED) is 0.775. The molecule has 0 unspecified atom stereocenters. The largest absolute Gasteiger partial charge is 0.417 e. The summed E-state index contributed by atoms with van der Waals surface area (Å²) < 4.78 is 39.4. The second-order valence-corrected chi connectivity index (χ2v) is 5.71. The summed E-state index contributed by atoms with van der Waals surface area (Å²) in [5.74, 6) is 0.175. The average molecular weight is 296 g/mol. The molecule has 0 fully saturated rings.